The highest BCUT2D eigenvalue weighted by molar-refractivity contribution is 7.80. The topological polar surface area (TPSA) is 106 Å². The maximum absolute atomic E-state index is 11.8. The molecular formula is C16H21N3O5S. The molecule has 0 aromatic heterocycles. The molecule has 0 atom stereocenters. The first-order valence-corrected chi connectivity index (χ1v) is 7.94. The summed E-state index contributed by atoms with van der Waals surface area (Å²) in [5.74, 6) is -1.16. The van der Waals surface area contributed by atoms with Crippen LogP contribution in [0.15, 0.2) is 24.3 Å². The zero-order chi connectivity index (χ0) is 18.7. The van der Waals surface area contributed by atoms with Gasteiger partial charge in [-0.3, -0.25) is 14.4 Å². The van der Waals surface area contributed by atoms with Crippen molar-refractivity contribution in [2.75, 3.05) is 32.6 Å². The van der Waals surface area contributed by atoms with Crippen molar-refractivity contribution in [2.24, 2.45) is 0 Å². The van der Waals surface area contributed by atoms with Gasteiger partial charge in [0.2, 0.25) is 0 Å². The molecule has 0 radical (unpaired) electrons. The Balaban J connectivity index is 2.38. The van der Waals surface area contributed by atoms with E-state index in [0.717, 1.165) is 0 Å². The van der Waals surface area contributed by atoms with Crippen LogP contribution in [0.2, 0.25) is 0 Å². The van der Waals surface area contributed by atoms with E-state index in [4.69, 9.17) is 12.2 Å². The van der Waals surface area contributed by atoms with Gasteiger partial charge < -0.3 is 25.4 Å². The van der Waals surface area contributed by atoms with Crippen LogP contribution in [-0.4, -0.2) is 50.3 Å². The molecule has 8 nitrogen and oxygen atoms in total. The summed E-state index contributed by atoms with van der Waals surface area (Å²) in [7, 11) is 2.60. The van der Waals surface area contributed by atoms with Crippen LogP contribution in [-0.2, 0) is 19.1 Å². The van der Waals surface area contributed by atoms with E-state index in [2.05, 4.69) is 25.4 Å². The minimum atomic E-state index is -0.518. The number of benzene rings is 1. The van der Waals surface area contributed by atoms with Crippen molar-refractivity contribution >= 4 is 40.9 Å². The first-order chi connectivity index (χ1) is 12.0. The average Bonchev–Trinajstić information content (AvgIpc) is 2.63. The zero-order valence-corrected chi connectivity index (χ0v) is 14.9. The van der Waals surface area contributed by atoms with Crippen LogP contribution in [0.4, 0.5) is 5.69 Å². The highest BCUT2D eigenvalue weighted by atomic mass is 32.1. The molecule has 1 aromatic rings. The first kappa shape index (κ1) is 20.4. The van der Waals surface area contributed by atoms with Crippen molar-refractivity contribution in [3.63, 3.8) is 0 Å². The molecule has 3 N–H and O–H groups in total. The van der Waals surface area contributed by atoms with Gasteiger partial charge in [0.25, 0.3) is 5.91 Å². The summed E-state index contributed by atoms with van der Waals surface area (Å²) < 4.78 is 9.00. The van der Waals surface area contributed by atoms with E-state index in [0.29, 0.717) is 35.7 Å². The lowest BCUT2D eigenvalue weighted by atomic mass is 10.2. The first-order valence-electron chi connectivity index (χ1n) is 7.53. The number of carbonyl (C=O) groups excluding carboxylic acids is 3. The second-order valence-corrected chi connectivity index (χ2v) is 5.30. The van der Waals surface area contributed by atoms with E-state index >= 15 is 0 Å². The molecule has 0 aliphatic rings. The predicted molar refractivity (Wildman–Crippen MR) is 96.3 cm³/mol. The average molecular weight is 367 g/mol. The molecule has 0 heterocycles. The number of carbonyl (C=O) groups is 3. The molecule has 0 spiro atoms. The fourth-order valence-electron chi connectivity index (χ4n) is 1.74. The number of methoxy groups -OCH3 is 2. The Kier molecular flexibility index (Phi) is 8.94. The monoisotopic (exact) mass is 367 g/mol. The zero-order valence-electron chi connectivity index (χ0n) is 14.1. The summed E-state index contributed by atoms with van der Waals surface area (Å²) in [5.41, 5.74) is 1.11. The van der Waals surface area contributed by atoms with Gasteiger partial charge in [-0.05, 0) is 42.9 Å². The third kappa shape index (κ3) is 8.11. The van der Waals surface area contributed by atoms with Crippen LogP contribution >= 0.6 is 12.2 Å². The fourth-order valence-corrected chi connectivity index (χ4v) is 1.96. The Morgan fingerprint density at radius 2 is 1.64 bits per heavy atom. The number of nitrogens with one attached hydrogen (secondary N) is 3. The molecule has 0 saturated carbocycles. The largest absolute Gasteiger partial charge is 0.469 e. The van der Waals surface area contributed by atoms with Crippen LogP contribution in [0, 0.1) is 0 Å². The molecule has 25 heavy (non-hydrogen) atoms. The predicted octanol–water partition coefficient (Wildman–Crippen LogP) is 0.829. The maximum atomic E-state index is 11.8. The molecule has 1 amide bonds. The quantitative estimate of drug-likeness (QED) is 0.352. The molecule has 0 fully saturated rings. The van der Waals surface area contributed by atoms with Crippen molar-refractivity contribution in [3.05, 3.63) is 29.8 Å². The lowest BCUT2D eigenvalue weighted by Gasteiger charge is -2.11. The number of esters is 2. The number of ether oxygens (including phenoxy) is 2. The lowest BCUT2D eigenvalue weighted by molar-refractivity contribution is -0.141. The van der Waals surface area contributed by atoms with E-state index in [1.54, 1.807) is 24.3 Å². The Morgan fingerprint density at radius 1 is 1.00 bits per heavy atom. The Morgan fingerprint density at radius 3 is 2.24 bits per heavy atom. The van der Waals surface area contributed by atoms with Crippen LogP contribution in [0.1, 0.15) is 23.2 Å². The van der Waals surface area contributed by atoms with Crippen molar-refractivity contribution in [1.29, 1.82) is 0 Å². The third-order valence-corrected chi connectivity index (χ3v) is 3.34. The molecule has 0 aliphatic heterocycles. The van der Waals surface area contributed by atoms with E-state index in [9.17, 15) is 14.4 Å². The Bertz CT molecular complexity index is 619. The van der Waals surface area contributed by atoms with Gasteiger partial charge in [0.05, 0.1) is 14.2 Å². The molecule has 1 aromatic carbocycles. The van der Waals surface area contributed by atoms with Gasteiger partial charge in [0.15, 0.2) is 5.11 Å². The van der Waals surface area contributed by atoms with Crippen LogP contribution in [0.25, 0.3) is 0 Å². The van der Waals surface area contributed by atoms with Crippen LogP contribution in [0.3, 0.4) is 0 Å². The Hall–Kier alpha value is -2.68. The second kappa shape index (κ2) is 11.0. The second-order valence-electron chi connectivity index (χ2n) is 4.90. The molecular weight excluding hydrogens is 346 g/mol. The normalized spacial score (nSPS) is 9.68. The molecule has 1 rings (SSSR count). The summed E-state index contributed by atoms with van der Waals surface area (Å²) in [4.78, 5) is 33.8. The maximum Gasteiger partial charge on any atom is 0.325 e. The molecule has 0 unspecified atom stereocenters. The molecule has 136 valence electrons. The summed E-state index contributed by atoms with van der Waals surface area (Å²) in [5, 5.41) is 8.80. The van der Waals surface area contributed by atoms with Crippen molar-refractivity contribution in [1.82, 2.24) is 10.6 Å². The van der Waals surface area contributed by atoms with Gasteiger partial charge in [-0.25, -0.2) is 0 Å². The van der Waals surface area contributed by atoms with E-state index in [-0.39, 0.29) is 18.4 Å². The summed E-state index contributed by atoms with van der Waals surface area (Å²) in [6, 6.07) is 6.59. The van der Waals surface area contributed by atoms with Gasteiger partial charge in [-0.2, -0.15) is 0 Å². The number of amides is 1. The van der Waals surface area contributed by atoms with Gasteiger partial charge in [0.1, 0.15) is 6.54 Å². The standard InChI is InChI=1S/C16H21N3O5S/c1-23-13(20)4-3-9-17-16(25)19-12-7-5-11(6-8-12)15(22)18-10-14(21)24-2/h5-8H,3-4,9-10H2,1-2H3,(H,18,22)(H2,17,19,25). The van der Waals surface area contributed by atoms with Gasteiger partial charge in [0, 0.05) is 24.2 Å². The third-order valence-electron chi connectivity index (χ3n) is 3.10. The van der Waals surface area contributed by atoms with E-state index in [1.165, 1.54) is 14.2 Å². The van der Waals surface area contributed by atoms with Crippen molar-refractivity contribution in [2.45, 2.75) is 12.8 Å². The van der Waals surface area contributed by atoms with Gasteiger partial charge >= 0.3 is 11.9 Å². The minimum Gasteiger partial charge on any atom is -0.469 e. The number of rotatable bonds is 8. The van der Waals surface area contributed by atoms with E-state index in [1.807, 2.05) is 0 Å². The smallest absolute Gasteiger partial charge is 0.325 e. The molecule has 0 saturated heterocycles. The van der Waals surface area contributed by atoms with E-state index < -0.39 is 5.97 Å². The SMILES string of the molecule is COC(=O)CCCNC(=S)Nc1ccc(C(=O)NCC(=O)OC)cc1. The number of hydrogen-bond acceptors (Lipinski definition) is 6. The number of anilines is 1. The lowest BCUT2D eigenvalue weighted by Crippen LogP contribution is -2.30. The minimum absolute atomic E-state index is 0.186. The number of thiocarbonyl (C=S) groups is 1. The van der Waals surface area contributed by atoms with Crippen molar-refractivity contribution < 1.29 is 23.9 Å². The van der Waals surface area contributed by atoms with Crippen molar-refractivity contribution in [3.8, 4) is 0 Å². The highest BCUT2D eigenvalue weighted by Crippen LogP contribution is 2.09. The summed E-state index contributed by atoms with van der Waals surface area (Å²) >= 11 is 5.14. The highest BCUT2D eigenvalue weighted by Gasteiger charge is 2.08. The Labute approximate surface area is 151 Å². The molecule has 9 heteroatoms. The van der Waals surface area contributed by atoms with Crippen LogP contribution in [0.5, 0.6) is 0 Å². The summed E-state index contributed by atoms with van der Waals surface area (Å²) in [6.07, 6.45) is 0.926. The van der Waals surface area contributed by atoms with Gasteiger partial charge in [-0.1, -0.05) is 0 Å². The summed E-state index contributed by atoms with van der Waals surface area (Å²) in [6.45, 7) is 0.351. The number of hydrogen-bond donors (Lipinski definition) is 3. The van der Waals surface area contributed by atoms with Crippen LogP contribution < -0.4 is 16.0 Å². The molecule has 0 bridgehead atoms. The van der Waals surface area contributed by atoms with Gasteiger partial charge in [-0.15, -0.1) is 0 Å². The fraction of sp³-hybridized carbons (Fsp3) is 0.375. The molecule has 0 aliphatic carbocycles.